The third-order valence-electron chi connectivity index (χ3n) is 10.6. The summed E-state index contributed by atoms with van der Waals surface area (Å²) in [7, 11) is 4.98. The van der Waals surface area contributed by atoms with Crippen LogP contribution in [0.5, 0.6) is 17.2 Å². The van der Waals surface area contributed by atoms with E-state index in [1.807, 2.05) is 24.4 Å². The molecule has 2 aromatic heterocycles. The average Bonchev–Trinajstić information content (AvgIpc) is 3.46. The summed E-state index contributed by atoms with van der Waals surface area (Å²) in [6.45, 7) is 2.68. The summed E-state index contributed by atoms with van der Waals surface area (Å²) in [5.74, 6) is -0.681. The molecule has 2 fully saturated rings. The van der Waals surface area contributed by atoms with E-state index in [-0.39, 0.29) is 67.7 Å². The zero-order valence-corrected chi connectivity index (χ0v) is 32.0. The van der Waals surface area contributed by atoms with E-state index in [4.69, 9.17) is 18.9 Å². The molecule has 0 aliphatic carbocycles. The Morgan fingerprint density at radius 3 is 2.33 bits per heavy atom. The third kappa shape index (κ3) is 8.23. The first-order valence-electron chi connectivity index (χ1n) is 18.8. The van der Waals surface area contributed by atoms with Crippen LogP contribution in [0, 0.1) is 0 Å². The predicted molar refractivity (Wildman–Crippen MR) is 206 cm³/mol. The standard InChI is InChI=1S/C41H44N6O10/c1-45-22-31(27-8-12-42-21-30(27)39(45)51)24-18-34(54-2)32(35(19-24)55-3)23-46-13-9-25(10-14-46)43-37(49)11-15-56-16-17-57-26-4-5-28-29(20-26)41(53)47(40(28)52)33-6-7-36(48)44-38(33)50/h4-5,8,12,18-22,25,33H,6-7,9-11,13-17,23H2,1-3H3,(H,43,49)(H,44,48,50). The molecule has 3 aliphatic rings. The Hall–Kier alpha value is -6.13. The molecule has 1 unspecified atom stereocenters. The van der Waals surface area contributed by atoms with Crippen molar-refractivity contribution in [3.05, 3.63) is 82.0 Å². The fourth-order valence-electron chi connectivity index (χ4n) is 7.62. The lowest BCUT2D eigenvalue weighted by atomic mass is 9.98. The lowest BCUT2D eigenvalue weighted by Crippen LogP contribution is -2.54. The lowest BCUT2D eigenvalue weighted by molar-refractivity contribution is -0.136. The number of likely N-dealkylation sites (tertiary alicyclic amines) is 1. The van der Waals surface area contributed by atoms with Gasteiger partial charge in [-0.2, -0.15) is 0 Å². The first-order chi connectivity index (χ1) is 27.6. The number of piperidine rings is 2. The molecular weight excluding hydrogens is 736 g/mol. The molecule has 0 saturated carbocycles. The van der Waals surface area contributed by atoms with Crippen LogP contribution in [0.25, 0.3) is 21.9 Å². The van der Waals surface area contributed by atoms with Gasteiger partial charge in [0.05, 0.1) is 49.5 Å². The molecule has 57 heavy (non-hydrogen) atoms. The highest BCUT2D eigenvalue weighted by molar-refractivity contribution is 6.23. The number of hydrogen-bond donors (Lipinski definition) is 2. The maximum atomic E-state index is 13.0. The highest BCUT2D eigenvalue weighted by atomic mass is 16.5. The van der Waals surface area contributed by atoms with Crippen LogP contribution in [-0.4, -0.2) is 108 Å². The van der Waals surface area contributed by atoms with Gasteiger partial charge in [0.15, 0.2) is 0 Å². The number of aryl methyl sites for hydroxylation is 1. The molecule has 1 atom stereocenters. The molecule has 0 radical (unpaired) electrons. The number of benzene rings is 2. The summed E-state index contributed by atoms with van der Waals surface area (Å²) >= 11 is 0. The van der Waals surface area contributed by atoms with E-state index in [1.165, 1.54) is 12.1 Å². The lowest BCUT2D eigenvalue weighted by Gasteiger charge is -2.33. The monoisotopic (exact) mass is 780 g/mol. The predicted octanol–water partition coefficient (Wildman–Crippen LogP) is 2.59. The summed E-state index contributed by atoms with van der Waals surface area (Å²) in [4.78, 5) is 82.6. The summed E-state index contributed by atoms with van der Waals surface area (Å²) < 4.78 is 24.6. The van der Waals surface area contributed by atoms with Crippen molar-refractivity contribution in [2.75, 3.05) is 47.1 Å². The SMILES string of the molecule is COc1cc(-c2cn(C)c(=O)c3cnccc23)cc(OC)c1CN1CCC(NC(=O)CCOCCOc2ccc3c(c2)C(=O)N(C2CCC(=O)NC2=O)C3=O)CC1. The second-order valence-electron chi connectivity index (χ2n) is 14.2. The van der Waals surface area contributed by atoms with Crippen molar-refractivity contribution < 1.29 is 42.9 Å². The van der Waals surface area contributed by atoms with Gasteiger partial charge in [0.25, 0.3) is 17.4 Å². The molecule has 3 aliphatic heterocycles. The number of nitrogens with zero attached hydrogens (tertiary/aromatic N) is 4. The van der Waals surface area contributed by atoms with Gasteiger partial charge in [-0.3, -0.25) is 48.9 Å². The molecule has 2 saturated heterocycles. The highest BCUT2D eigenvalue weighted by Gasteiger charge is 2.44. The maximum Gasteiger partial charge on any atom is 0.262 e. The fraction of sp³-hybridized carbons (Fsp3) is 0.390. The number of pyridine rings is 2. The van der Waals surface area contributed by atoms with Gasteiger partial charge < -0.3 is 28.8 Å². The number of carbonyl (C=O) groups is 5. The van der Waals surface area contributed by atoms with Crippen molar-refractivity contribution in [2.45, 2.75) is 50.7 Å². The molecule has 298 valence electrons. The van der Waals surface area contributed by atoms with Crippen molar-refractivity contribution in [3.8, 4) is 28.4 Å². The molecule has 0 spiro atoms. The van der Waals surface area contributed by atoms with Crippen molar-refractivity contribution in [2.24, 2.45) is 7.05 Å². The van der Waals surface area contributed by atoms with Gasteiger partial charge in [0.2, 0.25) is 17.7 Å². The number of carbonyl (C=O) groups excluding carboxylic acids is 5. The van der Waals surface area contributed by atoms with E-state index in [2.05, 4.69) is 20.5 Å². The number of rotatable bonds is 14. The Bertz CT molecular complexity index is 2270. The molecule has 7 rings (SSSR count). The topological polar surface area (TPSA) is 188 Å². The Balaban J connectivity index is 0.844. The first-order valence-corrected chi connectivity index (χ1v) is 18.8. The van der Waals surface area contributed by atoms with Gasteiger partial charge in [0, 0.05) is 69.7 Å². The largest absolute Gasteiger partial charge is 0.496 e. The quantitative estimate of drug-likeness (QED) is 0.141. The van der Waals surface area contributed by atoms with E-state index in [1.54, 1.807) is 44.3 Å². The Kier molecular flexibility index (Phi) is 11.6. The van der Waals surface area contributed by atoms with E-state index in [9.17, 15) is 28.8 Å². The minimum Gasteiger partial charge on any atom is -0.496 e. The average molecular weight is 781 g/mol. The van der Waals surface area contributed by atoms with Crippen LogP contribution < -0.4 is 30.4 Å². The molecular formula is C41H44N6O10. The molecule has 16 nitrogen and oxygen atoms in total. The van der Waals surface area contributed by atoms with Crippen molar-refractivity contribution in [3.63, 3.8) is 0 Å². The first kappa shape index (κ1) is 39.1. The van der Waals surface area contributed by atoms with Gasteiger partial charge in [-0.15, -0.1) is 0 Å². The zero-order valence-electron chi connectivity index (χ0n) is 32.0. The van der Waals surface area contributed by atoms with Gasteiger partial charge in [-0.25, -0.2) is 0 Å². The molecule has 2 aromatic carbocycles. The maximum absolute atomic E-state index is 13.0. The van der Waals surface area contributed by atoms with Crippen LogP contribution in [0.4, 0.5) is 0 Å². The van der Waals surface area contributed by atoms with Crippen molar-refractivity contribution >= 4 is 40.3 Å². The number of imide groups is 2. The normalized spacial score (nSPS) is 17.5. The number of aromatic nitrogens is 2. The second-order valence-corrected chi connectivity index (χ2v) is 14.2. The Morgan fingerprint density at radius 1 is 0.877 bits per heavy atom. The molecule has 0 bridgehead atoms. The number of nitrogens with one attached hydrogen (secondary N) is 2. The number of hydrogen-bond acceptors (Lipinski definition) is 12. The van der Waals surface area contributed by atoms with E-state index >= 15 is 0 Å². The molecule has 5 heterocycles. The van der Waals surface area contributed by atoms with Crippen LogP contribution >= 0.6 is 0 Å². The zero-order chi connectivity index (χ0) is 40.2. The van der Waals surface area contributed by atoms with E-state index in [0.717, 1.165) is 52.9 Å². The van der Waals surface area contributed by atoms with Gasteiger partial charge in [0.1, 0.15) is 29.9 Å². The number of methoxy groups -OCH3 is 2. The molecule has 16 heteroatoms. The van der Waals surface area contributed by atoms with Crippen LogP contribution in [-0.2, 0) is 32.7 Å². The third-order valence-corrected chi connectivity index (χ3v) is 10.6. The second kappa shape index (κ2) is 16.9. The summed E-state index contributed by atoms with van der Waals surface area (Å²) in [6, 6.07) is 9.28. The minimum atomic E-state index is -1.04. The van der Waals surface area contributed by atoms with Crippen LogP contribution in [0.3, 0.4) is 0 Å². The van der Waals surface area contributed by atoms with E-state index < -0.39 is 29.7 Å². The highest BCUT2D eigenvalue weighted by Crippen LogP contribution is 2.38. The molecule has 5 amide bonds. The summed E-state index contributed by atoms with van der Waals surface area (Å²) in [6.07, 6.45) is 6.94. The Morgan fingerprint density at radius 2 is 1.61 bits per heavy atom. The number of fused-ring (bicyclic) bond motifs is 2. The summed E-state index contributed by atoms with van der Waals surface area (Å²) in [5.41, 5.74) is 2.82. The molecule has 4 aromatic rings. The minimum absolute atomic E-state index is 0.0380. The van der Waals surface area contributed by atoms with Crippen molar-refractivity contribution in [1.29, 1.82) is 0 Å². The van der Waals surface area contributed by atoms with Crippen LogP contribution in [0.15, 0.2) is 59.8 Å². The van der Waals surface area contributed by atoms with Gasteiger partial charge >= 0.3 is 0 Å². The number of ether oxygens (including phenoxy) is 4. The van der Waals surface area contributed by atoms with Gasteiger partial charge in [-0.1, -0.05) is 0 Å². The number of amides is 5. The van der Waals surface area contributed by atoms with Crippen molar-refractivity contribution in [1.82, 2.24) is 30.0 Å². The van der Waals surface area contributed by atoms with Crippen LogP contribution in [0.1, 0.15) is 58.4 Å². The molecule has 2 N–H and O–H groups in total. The van der Waals surface area contributed by atoms with E-state index in [0.29, 0.717) is 29.2 Å². The summed E-state index contributed by atoms with van der Waals surface area (Å²) in [5, 5.41) is 6.62. The van der Waals surface area contributed by atoms with Crippen LogP contribution in [0.2, 0.25) is 0 Å². The smallest absolute Gasteiger partial charge is 0.262 e. The fourth-order valence-corrected chi connectivity index (χ4v) is 7.62. The Labute approximate surface area is 328 Å². The van der Waals surface area contributed by atoms with Gasteiger partial charge in [-0.05, 0) is 66.6 Å².